The first kappa shape index (κ1) is 7.97. The molecule has 0 spiro atoms. The molecule has 1 aromatic heterocycles. The number of aliphatic hydroxyl groups excluding tert-OH is 1. The lowest BCUT2D eigenvalue weighted by Gasteiger charge is -1.85. The topological polar surface area (TPSA) is 20.2 Å². The fraction of sp³-hybridized carbons (Fsp3) is 0.200. The van der Waals surface area contributed by atoms with Gasteiger partial charge in [0.25, 0.3) is 0 Å². The van der Waals surface area contributed by atoms with Crippen molar-refractivity contribution in [2.24, 2.45) is 0 Å². The Balaban J connectivity index is 3.01. The van der Waals surface area contributed by atoms with Crippen LogP contribution in [0.5, 0.6) is 0 Å². The molecule has 0 aromatic carbocycles. The highest BCUT2D eigenvalue weighted by Gasteiger charge is 2.01. The number of halogens is 2. The highest BCUT2D eigenvalue weighted by Crippen LogP contribution is 2.27. The Morgan fingerprint density at radius 1 is 1.78 bits per heavy atom. The van der Waals surface area contributed by atoms with E-state index in [-0.39, 0.29) is 6.61 Å². The molecule has 0 fully saturated rings. The molecule has 1 N–H and O–H groups in total. The number of thiophene rings is 1. The van der Waals surface area contributed by atoms with Crippen LogP contribution < -0.4 is 0 Å². The molecule has 9 heavy (non-hydrogen) atoms. The Bertz CT molecular complexity index is 211. The van der Waals surface area contributed by atoms with E-state index in [0.717, 1.165) is 9.35 Å². The van der Waals surface area contributed by atoms with Gasteiger partial charge in [0.15, 0.2) is 0 Å². The van der Waals surface area contributed by atoms with Gasteiger partial charge in [-0.25, -0.2) is 0 Å². The first-order valence-electron chi connectivity index (χ1n) is 2.28. The molecule has 0 amide bonds. The summed E-state index contributed by atoms with van der Waals surface area (Å²) in [5.74, 6) is 0. The van der Waals surface area contributed by atoms with Crippen molar-refractivity contribution < 1.29 is 5.11 Å². The molecular formula is C5H4BrIOS. The van der Waals surface area contributed by atoms with E-state index in [1.54, 1.807) is 11.3 Å². The van der Waals surface area contributed by atoms with Crippen molar-refractivity contribution >= 4 is 49.9 Å². The first-order chi connectivity index (χ1) is 4.24. The summed E-state index contributed by atoms with van der Waals surface area (Å²) in [6.07, 6.45) is 0. The average molecular weight is 319 g/mol. The molecule has 0 saturated carbocycles. The van der Waals surface area contributed by atoms with E-state index in [1.807, 2.05) is 6.07 Å². The first-order valence-corrected chi connectivity index (χ1v) is 4.97. The van der Waals surface area contributed by atoms with Crippen molar-refractivity contribution in [1.82, 2.24) is 0 Å². The van der Waals surface area contributed by atoms with Gasteiger partial charge in [-0.2, -0.15) is 0 Å². The summed E-state index contributed by atoms with van der Waals surface area (Å²) >= 11 is 7.15. The zero-order valence-corrected chi connectivity index (χ0v) is 8.96. The summed E-state index contributed by atoms with van der Waals surface area (Å²) in [5, 5.41) is 8.71. The molecule has 0 aliphatic heterocycles. The summed E-state index contributed by atoms with van der Waals surface area (Å²) in [6.45, 7) is 0.133. The summed E-state index contributed by atoms with van der Waals surface area (Å²) in [6, 6.07) is 2.00. The van der Waals surface area contributed by atoms with Crippen molar-refractivity contribution in [2.45, 2.75) is 6.61 Å². The van der Waals surface area contributed by atoms with Crippen molar-refractivity contribution in [2.75, 3.05) is 0 Å². The lowest BCUT2D eigenvalue weighted by Crippen LogP contribution is -1.73. The second kappa shape index (κ2) is 3.32. The molecule has 0 aliphatic rings. The summed E-state index contributed by atoms with van der Waals surface area (Å²) in [5.41, 5.74) is 0. The zero-order valence-electron chi connectivity index (χ0n) is 4.40. The third-order valence-electron chi connectivity index (χ3n) is 0.871. The second-order valence-electron chi connectivity index (χ2n) is 1.48. The molecule has 4 heteroatoms. The molecule has 0 unspecified atom stereocenters. The van der Waals surface area contributed by atoms with Crippen LogP contribution in [-0.4, -0.2) is 5.11 Å². The second-order valence-corrected chi connectivity index (χ2v) is 5.37. The number of rotatable bonds is 1. The quantitative estimate of drug-likeness (QED) is 0.789. The molecule has 1 heterocycles. The van der Waals surface area contributed by atoms with Crippen molar-refractivity contribution in [3.8, 4) is 0 Å². The van der Waals surface area contributed by atoms with Crippen LogP contribution in [0.25, 0.3) is 0 Å². The minimum absolute atomic E-state index is 0.133. The van der Waals surface area contributed by atoms with Gasteiger partial charge >= 0.3 is 0 Å². The highest BCUT2D eigenvalue weighted by atomic mass is 127. The third-order valence-corrected chi connectivity index (χ3v) is 3.72. The normalized spacial score (nSPS) is 10.1. The molecule has 0 saturated heterocycles. The van der Waals surface area contributed by atoms with Crippen molar-refractivity contribution in [3.05, 3.63) is 18.3 Å². The molecule has 1 rings (SSSR count). The van der Waals surface area contributed by atoms with Crippen LogP contribution in [0.1, 0.15) is 4.88 Å². The Hall–Kier alpha value is 0.870. The van der Waals surface area contributed by atoms with E-state index in [1.165, 1.54) is 2.88 Å². The van der Waals surface area contributed by atoms with Gasteiger partial charge in [0.05, 0.1) is 9.49 Å². The van der Waals surface area contributed by atoms with Gasteiger partial charge in [0, 0.05) is 9.35 Å². The summed E-state index contributed by atoms with van der Waals surface area (Å²) in [4.78, 5) is 0.999. The lowest BCUT2D eigenvalue weighted by atomic mass is 10.5. The maximum atomic E-state index is 8.71. The van der Waals surface area contributed by atoms with Crippen LogP contribution in [-0.2, 0) is 6.61 Å². The monoisotopic (exact) mass is 318 g/mol. The SMILES string of the molecule is OCc1sc(I)cc1Br. The standard InChI is InChI=1S/C5H4BrIOS/c6-3-1-5(7)9-4(3)2-8/h1,8H,2H2. The molecule has 0 bridgehead atoms. The van der Waals surface area contributed by atoms with Gasteiger partial charge < -0.3 is 5.11 Å². The lowest BCUT2D eigenvalue weighted by molar-refractivity contribution is 0.285. The molecule has 50 valence electrons. The van der Waals surface area contributed by atoms with Gasteiger partial charge in [-0.1, -0.05) is 0 Å². The molecule has 0 aliphatic carbocycles. The molecular weight excluding hydrogens is 315 g/mol. The van der Waals surface area contributed by atoms with Crippen LogP contribution in [0.4, 0.5) is 0 Å². The van der Waals surface area contributed by atoms with E-state index in [2.05, 4.69) is 38.5 Å². The number of hydrogen-bond acceptors (Lipinski definition) is 2. The van der Waals surface area contributed by atoms with E-state index in [0.29, 0.717) is 0 Å². The van der Waals surface area contributed by atoms with Gasteiger partial charge in [-0.15, -0.1) is 11.3 Å². The van der Waals surface area contributed by atoms with Crippen LogP contribution in [0.15, 0.2) is 10.5 Å². The molecule has 0 radical (unpaired) electrons. The van der Waals surface area contributed by atoms with Gasteiger partial charge in [-0.3, -0.25) is 0 Å². The van der Waals surface area contributed by atoms with Gasteiger partial charge in [0.1, 0.15) is 0 Å². The van der Waals surface area contributed by atoms with E-state index in [9.17, 15) is 0 Å². The number of aliphatic hydroxyl groups is 1. The van der Waals surface area contributed by atoms with Crippen LogP contribution in [0.3, 0.4) is 0 Å². The minimum atomic E-state index is 0.133. The molecule has 1 nitrogen and oxygen atoms in total. The van der Waals surface area contributed by atoms with Crippen LogP contribution in [0.2, 0.25) is 0 Å². The summed E-state index contributed by atoms with van der Waals surface area (Å²) in [7, 11) is 0. The molecule has 1 aromatic rings. The van der Waals surface area contributed by atoms with Crippen molar-refractivity contribution in [3.63, 3.8) is 0 Å². The van der Waals surface area contributed by atoms with Crippen LogP contribution >= 0.6 is 49.9 Å². The Morgan fingerprint density at radius 2 is 2.44 bits per heavy atom. The Kier molecular flexibility index (Phi) is 2.94. The minimum Gasteiger partial charge on any atom is -0.391 e. The third kappa shape index (κ3) is 1.89. The summed E-state index contributed by atoms with van der Waals surface area (Å²) < 4.78 is 2.21. The van der Waals surface area contributed by atoms with E-state index < -0.39 is 0 Å². The average Bonchev–Trinajstić information content (AvgIpc) is 2.10. The van der Waals surface area contributed by atoms with Crippen LogP contribution in [0, 0.1) is 2.88 Å². The molecule has 0 atom stereocenters. The maximum absolute atomic E-state index is 8.71. The zero-order chi connectivity index (χ0) is 6.85. The smallest absolute Gasteiger partial charge is 0.0786 e. The van der Waals surface area contributed by atoms with Crippen molar-refractivity contribution in [1.29, 1.82) is 0 Å². The number of hydrogen-bond donors (Lipinski definition) is 1. The highest BCUT2D eigenvalue weighted by molar-refractivity contribution is 14.1. The Morgan fingerprint density at radius 3 is 2.67 bits per heavy atom. The van der Waals surface area contributed by atoms with E-state index >= 15 is 0 Å². The largest absolute Gasteiger partial charge is 0.391 e. The maximum Gasteiger partial charge on any atom is 0.0786 e. The fourth-order valence-electron chi connectivity index (χ4n) is 0.484. The van der Waals surface area contributed by atoms with Gasteiger partial charge in [-0.05, 0) is 44.6 Å². The predicted molar refractivity (Wildman–Crippen MR) is 50.7 cm³/mol. The Labute approximate surface area is 79.4 Å². The van der Waals surface area contributed by atoms with Gasteiger partial charge in [0.2, 0.25) is 0 Å². The fourth-order valence-corrected chi connectivity index (χ4v) is 3.40. The van der Waals surface area contributed by atoms with E-state index in [4.69, 9.17) is 5.11 Å². The predicted octanol–water partition coefficient (Wildman–Crippen LogP) is 2.61.